The summed E-state index contributed by atoms with van der Waals surface area (Å²) in [6.07, 6.45) is 0. The van der Waals surface area contributed by atoms with E-state index in [2.05, 4.69) is 10.0 Å². The summed E-state index contributed by atoms with van der Waals surface area (Å²) in [5.41, 5.74) is -0.169. The summed E-state index contributed by atoms with van der Waals surface area (Å²) < 4.78 is 43.5. The zero-order chi connectivity index (χ0) is 24.9. The van der Waals surface area contributed by atoms with Crippen LogP contribution < -0.4 is 24.2 Å². The highest BCUT2D eigenvalue weighted by atomic mass is 32.2. The fraction of sp³-hybridized carbons (Fsp3) is 0.136. The number of benzene rings is 3. The molecule has 0 spiro atoms. The van der Waals surface area contributed by atoms with Crippen LogP contribution in [0.5, 0.6) is 17.2 Å². The molecule has 0 aliphatic carbocycles. The molecule has 3 rings (SSSR count). The summed E-state index contributed by atoms with van der Waals surface area (Å²) in [5, 5.41) is 13.9. The van der Waals surface area contributed by atoms with Crippen molar-refractivity contribution in [3.8, 4) is 17.2 Å². The van der Waals surface area contributed by atoms with Crippen LogP contribution in [0.3, 0.4) is 0 Å². The molecule has 2 N–H and O–H groups in total. The lowest BCUT2D eigenvalue weighted by Gasteiger charge is -2.15. The topological polar surface area (TPSA) is 146 Å². The SMILES string of the molecule is COc1ccc(NC(=O)c2ccccc2NS(=O)(=O)c2ccc(OC)c([N+](=O)[O-])c2)c(OC)c1. The van der Waals surface area contributed by atoms with Crippen LogP contribution in [0.2, 0.25) is 0 Å². The third-order valence-electron chi connectivity index (χ3n) is 4.73. The zero-order valence-corrected chi connectivity index (χ0v) is 19.2. The van der Waals surface area contributed by atoms with Crippen LogP contribution in [-0.4, -0.2) is 40.6 Å². The van der Waals surface area contributed by atoms with Crippen molar-refractivity contribution in [3.05, 3.63) is 76.3 Å². The molecule has 11 nitrogen and oxygen atoms in total. The second-order valence-corrected chi connectivity index (χ2v) is 8.44. The zero-order valence-electron chi connectivity index (χ0n) is 18.4. The van der Waals surface area contributed by atoms with Crippen molar-refractivity contribution < 1.29 is 32.3 Å². The standard InChI is InChI=1S/C22H21N3O8S/c1-31-14-8-10-18(21(12-14)33-3)23-22(26)16-6-4-5-7-17(16)24-34(29,30)15-9-11-20(32-2)19(13-15)25(27)28/h4-13,24H,1-3H3,(H,23,26). The average molecular weight is 487 g/mol. The summed E-state index contributed by atoms with van der Waals surface area (Å²) in [4.78, 5) is 23.1. The van der Waals surface area contributed by atoms with E-state index in [0.29, 0.717) is 17.2 Å². The molecule has 0 heterocycles. The Balaban J connectivity index is 1.92. The number of nitrogens with one attached hydrogen (secondary N) is 2. The highest BCUT2D eigenvalue weighted by molar-refractivity contribution is 7.92. The second-order valence-electron chi connectivity index (χ2n) is 6.76. The van der Waals surface area contributed by atoms with E-state index in [0.717, 1.165) is 6.07 Å². The third-order valence-corrected chi connectivity index (χ3v) is 6.09. The van der Waals surface area contributed by atoms with E-state index in [4.69, 9.17) is 14.2 Å². The lowest BCUT2D eigenvalue weighted by atomic mass is 10.1. The molecule has 0 aliphatic heterocycles. The summed E-state index contributed by atoms with van der Waals surface area (Å²) in [7, 11) is -0.115. The first-order chi connectivity index (χ1) is 16.2. The molecule has 0 saturated heterocycles. The Morgan fingerprint density at radius 2 is 1.59 bits per heavy atom. The molecular weight excluding hydrogens is 466 g/mol. The highest BCUT2D eigenvalue weighted by Crippen LogP contribution is 2.32. The second kappa shape index (κ2) is 10.1. The molecule has 0 fully saturated rings. The number of amides is 1. The van der Waals surface area contributed by atoms with Crippen LogP contribution in [0.1, 0.15) is 10.4 Å². The van der Waals surface area contributed by atoms with E-state index in [1.807, 2.05) is 0 Å². The van der Waals surface area contributed by atoms with Gasteiger partial charge in [0.05, 0.1) is 48.1 Å². The van der Waals surface area contributed by atoms with Gasteiger partial charge in [0.2, 0.25) is 0 Å². The van der Waals surface area contributed by atoms with Crippen LogP contribution in [0.25, 0.3) is 0 Å². The van der Waals surface area contributed by atoms with Gasteiger partial charge < -0.3 is 19.5 Å². The first-order valence-corrected chi connectivity index (χ1v) is 11.2. The predicted molar refractivity (Wildman–Crippen MR) is 124 cm³/mol. The Hall–Kier alpha value is -4.32. The van der Waals surface area contributed by atoms with Crippen molar-refractivity contribution in [3.63, 3.8) is 0 Å². The van der Waals surface area contributed by atoms with E-state index in [1.54, 1.807) is 30.3 Å². The largest absolute Gasteiger partial charge is 0.497 e. The lowest BCUT2D eigenvalue weighted by Crippen LogP contribution is -2.19. The van der Waals surface area contributed by atoms with E-state index < -0.39 is 26.5 Å². The van der Waals surface area contributed by atoms with Gasteiger partial charge in [0, 0.05) is 12.1 Å². The molecule has 3 aromatic carbocycles. The van der Waals surface area contributed by atoms with Gasteiger partial charge in [-0.3, -0.25) is 19.6 Å². The van der Waals surface area contributed by atoms with Crippen LogP contribution in [-0.2, 0) is 10.0 Å². The maximum absolute atomic E-state index is 13.0. The van der Waals surface area contributed by atoms with E-state index in [1.165, 1.54) is 45.6 Å². The van der Waals surface area contributed by atoms with Crippen LogP contribution in [0.15, 0.2) is 65.6 Å². The number of sulfonamides is 1. The Kier molecular flexibility index (Phi) is 7.21. The Morgan fingerprint density at radius 1 is 0.882 bits per heavy atom. The van der Waals surface area contributed by atoms with Gasteiger partial charge >= 0.3 is 5.69 Å². The monoisotopic (exact) mass is 487 g/mol. The van der Waals surface area contributed by atoms with Crippen LogP contribution in [0, 0.1) is 10.1 Å². The van der Waals surface area contributed by atoms with Crippen molar-refractivity contribution in [1.29, 1.82) is 0 Å². The number of carbonyl (C=O) groups excluding carboxylic acids is 1. The first-order valence-electron chi connectivity index (χ1n) is 9.67. The molecule has 0 atom stereocenters. The highest BCUT2D eigenvalue weighted by Gasteiger charge is 2.24. The average Bonchev–Trinajstić information content (AvgIpc) is 2.83. The minimum atomic E-state index is -4.28. The predicted octanol–water partition coefficient (Wildman–Crippen LogP) is 3.67. The van der Waals surface area contributed by atoms with E-state index >= 15 is 0 Å². The maximum atomic E-state index is 13.0. The number of ether oxygens (including phenoxy) is 3. The van der Waals surface area contributed by atoms with Crippen molar-refractivity contribution >= 4 is 33.0 Å². The number of para-hydroxylation sites is 1. The maximum Gasteiger partial charge on any atom is 0.312 e. The number of anilines is 2. The molecule has 12 heteroatoms. The Bertz CT molecular complexity index is 1340. The van der Waals surface area contributed by atoms with Gasteiger partial charge in [-0.25, -0.2) is 8.42 Å². The molecule has 0 saturated carbocycles. The number of nitro benzene ring substituents is 1. The molecule has 0 unspecified atom stereocenters. The fourth-order valence-corrected chi connectivity index (χ4v) is 4.14. The summed E-state index contributed by atoms with van der Waals surface area (Å²) in [5.74, 6) is 0.174. The Morgan fingerprint density at radius 3 is 2.24 bits per heavy atom. The number of methoxy groups -OCH3 is 3. The van der Waals surface area contributed by atoms with Gasteiger partial charge in [0.25, 0.3) is 15.9 Å². The summed E-state index contributed by atoms with van der Waals surface area (Å²) >= 11 is 0. The van der Waals surface area contributed by atoms with Crippen molar-refractivity contribution in [2.24, 2.45) is 0 Å². The van der Waals surface area contributed by atoms with Crippen molar-refractivity contribution in [2.75, 3.05) is 31.4 Å². The minimum Gasteiger partial charge on any atom is -0.497 e. The van der Waals surface area contributed by atoms with Gasteiger partial charge in [-0.1, -0.05) is 12.1 Å². The Labute approximate surface area is 195 Å². The number of nitrogens with zero attached hydrogens (tertiary/aromatic N) is 1. The van der Waals surface area contributed by atoms with Gasteiger partial charge in [-0.15, -0.1) is 0 Å². The number of nitro groups is 1. The molecule has 0 radical (unpaired) electrons. The minimum absolute atomic E-state index is 0.0203. The van der Waals surface area contributed by atoms with Gasteiger partial charge in [-0.2, -0.15) is 0 Å². The molecule has 34 heavy (non-hydrogen) atoms. The molecule has 0 aliphatic rings. The third kappa shape index (κ3) is 5.18. The normalized spacial score (nSPS) is 10.8. The van der Waals surface area contributed by atoms with Gasteiger partial charge in [0.15, 0.2) is 5.75 Å². The smallest absolute Gasteiger partial charge is 0.312 e. The number of carbonyl (C=O) groups is 1. The first kappa shape index (κ1) is 24.3. The van der Waals surface area contributed by atoms with Crippen molar-refractivity contribution in [1.82, 2.24) is 0 Å². The van der Waals surface area contributed by atoms with Crippen LogP contribution in [0.4, 0.5) is 17.1 Å². The molecule has 0 bridgehead atoms. The van der Waals surface area contributed by atoms with Crippen molar-refractivity contribution in [2.45, 2.75) is 4.90 Å². The lowest BCUT2D eigenvalue weighted by molar-refractivity contribution is -0.386. The fourth-order valence-electron chi connectivity index (χ4n) is 3.04. The van der Waals surface area contributed by atoms with Gasteiger partial charge in [0.1, 0.15) is 11.5 Å². The van der Waals surface area contributed by atoms with Gasteiger partial charge in [-0.05, 0) is 36.4 Å². The quantitative estimate of drug-likeness (QED) is 0.343. The number of hydrogen-bond donors (Lipinski definition) is 2. The molecule has 3 aromatic rings. The molecule has 178 valence electrons. The number of rotatable bonds is 9. The molecular formula is C22H21N3O8S. The molecule has 1 amide bonds. The van der Waals surface area contributed by atoms with Crippen LogP contribution >= 0.6 is 0 Å². The summed E-state index contributed by atoms with van der Waals surface area (Å²) in [6, 6.07) is 14.0. The van der Waals surface area contributed by atoms with E-state index in [9.17, 15) is 23.3 Å². The molecule has 0 aromatic heterocycles. The summed E-state index contributed by atoms with van der Waals surface area (Å²) in [6.45, 7) is 0. The number of hydrogen-bond acceptors (Lipinski definition) is 8. The van der Waals surface area contributed by atoms with E-state index in [-0.39, 0.29) is 21.9 Å².